The summed E-state index contributed by atoms with van der Waals surface area (Å²) in [6, 6.07) is -0.483. The highest BCUT2D eigenvalue weighted by Gasteiger charge is 2.16. The Morgan fingerprint density at radius 3 is 2.95 bits per heavy atom. The molecular weight excluding hydrogens is 264 g/mol. The van der Waals surface area contributed by atoms with Gasteiger partial charge in [-0.3, -0.25) is 9.59 Å². The molecule has 1 unspecified atom stereocenters. The van der Waals surface area contributed by atoms with Crippen molar-refractivity contribution in [2.24, 2.45) is 0 Å². The van der Waals surface area contributed by atoms with Crippen molar-refractivity contribution < 1.29 is 19.4 Å². The molecule has 8 heteroatoms. The van der Waals surface area contributed by atoms with Crippen LogP contribution in [-0.4, -0.2) is 52.2 Å². The van der Waals surface area contributed by atoms with Crippen molar-refractivity contribution in [2.75, 3.05) is 20.3 Å². The highest BCUT2D eigenvalue weighted by Crippen LogP contribution is 2.06. The first-order chi connectivity index (χ1) is 9.54. The van der Waals surface area contributed by atoms with Gasteiger partial charge in [-0.25, -0.2) is 4.68 Å². The molecular formula is C12H20N4O4. The number of amides is 1. The van der Waals surface area contributed by atoms with Crippen LogP contribution in [0.4, 0.5) is 0 Å². The Balaban J connectivity index is 2.44. The highest BCUT2D eigenvalue weighted by atomic mass is 16.5. The average molecular weight is 284 g/mol. The largest absolute Gasteiger partial charge is 0.481 e. The summed E-state index contributed by atoms with van der Waals surface area (Å²) in [5.74, 6) is -1.04. The summed E-state index contributed by atoms with van der Waals surface area (Å²) in [4.78, 5) is 22.3. The molecule has 20 heavy (non-hydrogen) atoms. The van der Waals surface area contributed by atoms with E-state index in [2.05, 4.69) is 15.6 Å². The second-order valence-electron chi connectivity index (χ2n) is 4.40. The Hall–Kier alpha value is -1.96. The van der Waals surface area contributed by atoms with Gasteiger partial charge in [0.15, 0.2) is 0 Å². The van der Waals surface area contributed by atoms with Crippen molar-refractivity contribution in [3.63, 3.8) is 0 Å². The number of carboxylic acid groups (broad SMARTS) is 1. The summed E-state index contributed by atoms with van der Waals surface area (Å²) < 4.78 is 6.32. The lowest BCUT2D eigenvalue weighted by Gasteiger charge is -2.11. The number of aryl methyl sites for hydroxylation is 1. The number of methoxy groups -OCH3 is 1. The first-order valence-electron chi connectivity index (χ1n) is 6.43. The smallest absolute Gasteiger partial charge is 0.303 e. The van der Waals surface area contributed by atoms with Gasteiger partial charge < -0.3 is 15.2 Å². The van der Waals surface area contributed by atoms with E-state index in [1.807, 2.05) is 0 Å². The number of hydrogen-bond donors (Lipinski definition) is 2. The molecule has 0 saturated carbocycles. The lowest BCUT2D eigenvalue weighted by Crippen LogP contribution is -2.32. The number of nitrogens with zero attached hydrogens (tertiary/aromatic N) is 3. The van der Waals surface area contributed by atoms with Crippen LogP contribution in [0.3, 0.4) is 0 Å². The van der Waals surface area contributed by atoms with Gasteiger partial charge in [0.05, 0.1) is 12.1 Å². The van der Waals surface area contributed by atoms with Gasteiger partial charge >= 0.3 is 5.97 Å². The van der Waals surface area contributed by atoms with Crippen LogP contribution in [0.25, 0.3) is 0 Å². The fraction of sp³-hybridized carbons (Fsp3) is 0.667. The Kier molecular flexibility index (Phi) is 6.65. The van der Waals surface area contributed by atoms with E-state index in [0.29, 0.717) is 25.3 Å². The minimum absolute atomic E-state index is 0.00368. The van der Waals surface area contributed by atoms with Crippen LogP contribution in [0.2, 0.25) is 0 Å². The molecule has 1 atom stereocenters. The summed E-state index contributed by atoms with van der Waals surface area (Å²) in [5.41, 5.74) is 0.562. The van der Waals surface area contributed by atoms with Crippen molar-refractivity contribution in [3.8, 4) is 0 Å². The molecule has 0 radical (unpaired) electrons. The predicted octanol–water partition coefficient (Wildman–Crippen LogP) is 0.00900. The Labute approximate surface area is 117 Å². The zero-order chi connectivity index (χ0) is 15.0. The molecule has 112 valence electrons. The zero-order valence-electron chi connectivity index (χ0n) is 11.7. The number of aromatic nitrogens is 3. The molecule has 0 fully saturated rings. The maximum Gasteiger partial charge on any atom is 0.303 e. The van der Waals surface area contributed by atoms with Crippen LogP contribution in [0.15, 0.2) is 6.20 Å². The van der Waals surface area contributed by atoms with Crippen LogP contribution >= 0.6 is 0 Å². The summed E-state index contributed by atoms with van der Waals surface area (Å²) in [7, 11) is 1.61. The van der Waals surface area contributed by atoms with Gasteiger partial charge in [-0.2, -0.15) is 0 Å². The molecule has 0 aliphatic rings. The molecule has 0 spiro atoms. The van der Waals surface area contributed by atoms with Crippen molar-refractivity contribution in [1.82, 2.24) is 20.3 Å². The standard InChI is InChI=1S/C12H20N4O4/c1-9(12(19)13-6-3-7-20-2)16-8-10(14-15-16)4-5-11(17)18/h8-9H,3-7H2,1-2H3,(H,13,19)(H,17,18). The minimum atomic E-state index is -0.886. The molecule has 0 bridgehead atoms. The average Bonchev–Trinajstić information content (AvgIpc) is 2.89. The van der Waals surface area contributed by atoms with Crippen molar-refractivity contribution >= 4 is 11.9 Å². The Bertz CT molecular complexity index is 446. The number of rotatable bonds is 9. The lowest BCUT2D eigenvalue weighted by molar-refractivity contribution is -0.137. The summed E-state index contributed by atoms with van der Waals surface area (Å²) >= 11 is 0. The van der Waals surface area contributed by atoms with Gasteiger partial charge in [-0.05, 0) is 13.3 Å². The normalized spacial score (nSPS) is 12.1. The third-order valence-corrected chi connectivity index (χ3v) is 2.75. The third kappa shape index (κ3) is 5.35. The van der Waals surface area contributed by atoms with Crippen molar-refractivity contribution in [1.29, 1.82) is 0 Å². The molecule has 1 aromatic heterocycles. The quantitative estimate of drug-likeness (QED) is 0.619. The second kappa shape index (κ2) is 8.26. The molecule has 1 aromatic rings. The maximum absolute atomic E-state index is 11.8. The molecule has 8 nitrogen and oxygen atoms in total. The van der Waals surface area contributed by atoms with E-state index in [0.717, 1.165) is 6.42 Å². The van der Waals surface area contributed by atoms with Gasteiger partial charge in [0.1, 0.15) is 6.04 Å². The number of carbonyl (C=O) groups excluding carboxylic acids is 1. The number of carbonyl (C=O) groups is 2. The molecule has 1 rings (SSSR count). The van der Waals surface area contributed by atoms with E-state index in [1.165, 1.54) is 4.68 Å². The van der Waals surface area contributed by atoms with Gasteiger partial charge in [0.2, 0.25) is 5.91 Å². The summed E-state index contributed by atoms with van der Waals surface area (Å²) in [5, 5.41) is 19.1. The Morgan fingerprint density at radius 2 is 2.30 bits per heavy atom. The molecule has 1 heterocycles. The second-order valence-corrected chi connectivity index (χ2v) is 4.40. The fourth-order valence-corrected chi connectivity index (χ4v) is 1.55. The van der Waals surface area contributed by atoms with Crippen LogP contribution in [0.1, 0.15) is 31.5 Å². The van der Waals surface area contributed by atoms with Crippen molar-refractivity contribution in [3.05, 3.63) is 11.9 Å². The first-order valence-corrected chi connectivity index (χ1v) is 6.43. The SMILES string of the molecule is COCCCNC(=O)C(C)n1cc(CCC(=O)O)nn1. The number of aliphatic carboxylic acids is 1. The van der Waals surface area contributed by atoms with Gasteiger partial charge in [-0.1, -0.05) is 5.21 Å². The molecule has 0 aromatic carbocycles. The number of ether oxygens (including phenoxy) is 1. The summed E-state index contributed by atoms with van der Waals surface area (Å²) in [6.45, 7) is 2.84. The monoisotopic (exact) mass is 284 g/mol. The minimum Gasteiger partial charge on any atom is -0.481 e. The fourth-order valence-electron chi connectivity index (χ4n) is 1.55. The van der Waals surface area contributed by atoms with E-state index in [9.17, 15) is 9.59 Å². The van der Waals surface area contributed by atoms with E-state index in [4.69, 9.17) is 9.84 Å². The predicted molar refractivity (Wildman–Crippen MR) is 70.2 cm³/mol. The molecule has 2 N–H and O–H groups in total. The van der Waals surface area contributed by atoms with Crippen LogP contribution in [0, 0.1) is 0 Å². The summed E-state index contributed by atoms with van der Waals surface area (Å²) in [6.07, 6.45) is 2.65. The number of carboxylic acids is 1. The van der Waals surface area contributed by atoms with Gasteiger partial charge in [0.25, 0.3) is 0 Å². The van der Waals surface area contributed by atoms with E-state index < -0.39 is 12.0 Å². The van der Waals surface area contributed by atoms with Gasteiger partial charge in [0, 0.05) is 32.9 Å². The molecule has 0 aliphatic carbocycles. The van der Waals surface area contributed by atoms with Crippen LogP contribution in [0.5, 0.6) is 0 Å². The molecule has 1 amide bonds. The lowest BCUT2D eigenvalue weighted by atomic mass is 10.2. The molecule has 0 aliphatic heterocycles. The maximum atomic E-state index is 11.8. The number of hydrogen-bond acceptors (Lipinski definition) is 5. The van der Waals surface area contributed by atoms with E-state index in [1.54, 1.807) is 20.2 Å². The van der Waals surface area contributed by atoms with Crippen LogP contribution in [-0.2, 0) is 20.7 Å². The van der Waals surface area contributed by atoms with E-state index in [-0.39, 0.29) is 12.3 Å². The van der Waals surface area contributed by atoms with E-state index >= 15 is 0 Å². The topological polar surface area (TPSA) is 106 Å². The third-order valence-electron chi connectivity index (χ3n) is 2.75. The van der Waals surface area contributed by atoms with Crippen LogP contribution < -0.4 is 5.32 Å². The number of nitrogens with one attached hydrogen (secondary N) is 1. The molecule has 0 saturated heterocycles. The highest BCUT2D eigenvalue weighted by molar-refractivity contribution is 5.79. The Morgan fingerprint density at radius 1 is 1.55 bits per heavy atom. The van der Waals surface area contributed by atoms with Crippen molar-refractivity contribution in [2.45, 2.75) is 32.2 Å². The van der Waals surface area contributed by atoms with Gasteiger partial charge in [-0.15, -0.1) is 5.10 Å². The zero-order valence-corrected chi connectivity index (χ0v) is 11.7. The first kappa shape index (κ1) is 16.1.